The first-order chi connectivity index (χ1) is 14.1. The Morgan fingerprint density at radius 1 is 1.03 bits per heavy atom. The Morgan fingerprint density at radius 2 is 1.63 bits per heavy atom. The quantitative estimate of drug-likeness (QED) is 0.0995. The second-order valence-corrected chi connectivity index (χ2v) is 6.57. The zero-order chi connectivity index (χ0) is 22.7. The Bertz CT molecular complexity index is 750. The number of amides is 2. The molecule has 3 unspecified atom stereocenters. The number of carbonyl (C=O) groups is 3. The molecule has 1 aromatic carbocycles. The zero-order valence-electron chi connectivity index (χ0n) is 16.3. The van der Waals surface area contributed by atoms with Crippen LogP contribution in [0.2, 0.25) is 0 Å². The number of nitrogens with zero attached hydrogens (tertiary/aromatic N) is 1. The minimum absolute atomic E-state index is 0.0103. The van der Waals surface area contributed by atoms with E-state index in [4.69, 9.17) is 22.3 Å². The van der Waals surface area contributed by atoms with E-state index in [0.717, 1.165) is 0 Å². The lowest BCUT2D eigenvalue weighted by Gasteiger charge is -2.22. The van der Waals surface area contributed by atoms with Crippen molar-refractivity contribution in [3.05, 3.63) is 29.8 Å². The molecule has 2 amide bonds. The van der Waals surface area contributed by atoms with Crippen LogP contribution in [-0.2, 0) is 20.8 Å². The zero-order valence-corrected chi connectivity index (χ0v) is 16.3. The number of aliphatic hydroxyl groups excluding tert-OH is 1. The molecule has 12 nitrogen and oxygen atoms in total. The van der Waals surface area contributed by atoms with Crippen LogP contribution in [0.25, 0.3) is 0 Å². The third-order valence-corrected chi connectivity index (χ3v) is 4.10. The minimum Gasteiger partial charge on any atom is -0.508 e. The van der Waals surface area contributed by atoms with Gasteiger partial charge >= 0.3 is 5.97 Å². The van der Waals surface area contributed by atoms with Crippen LogP contribution >= 0.6 is 0 Å². The van der Waals surface area contributed by atoms with Crippen LogP contribution in [0.5, 0.6) is 5.75 Å². The second-order valence-electron chi connectivity index (χ2n) is 6.57. The molecular weight excluding hydrogens is 396 g/mol. The molecule has 0 radical (unpaired) electrons. The predicted molar refractivity (Wildman–Crippen MR) is 108 cm³/mol. The summed E-state index contributed by atoms with van der Waals surface area (Å²) in [5.41, 5.74) is 16.5. The fraction of sp³-hybridized carbons (Fsp3) is 0.444. The van der Waals surface area contributed by atoms with Crippen molar-refractivity contribution in [1.29, 1.82) is 0 Å². The van der Waals surface area contributed by atoms with Crippen LogP contribution in [0.1, 0.15) is 18.4 Å². The Morgan fingerprint density at radius 3 is 2.17 bits per heavy atom. The maximum atomic E-state index is 12.7. The molecule has 1 aromatic rings. The second kappa shape index (κ2) is 12.2. The van der Waals surface area contributed by atoms with Crippen molar-refractivity contribution in [2.24, 2.45) is 22.2 Å². The predicted octanol–water partition coefficient (Wildman–Crippen LogP) is -2.64. The van der Waals surface area contributed by atoms with Gasteiger partial charge in [0, 0.05) is 13.0 Å². The number of nitrogens with two attached hydrogens (primary N) is 3. The van der Waals surface area contributed by atoms with Gasteiger partial charge in [-0.05, 0) is 30.5 Å². The van der Waals surface area contributed by atoms with Gasteiger partial charge in [-0.1, -0.05) is 12.1 Å². The number of benzene rings is 1. The third-order valence-electron chi connectivity index (χ3n) is 4.10. The standard InChI is InChI=1S/C18H28N6O6/c19-12(9-25)15(27)24-14(8-10-3-5-11(26)6-4-10)16(28)23-13(17(29)30)2-1-7-22-18(20)21/h3-6,12-14,25-26H,1-2,7-9,19H2,(H,23,28)(H,24,27)(H,29,30)(H4,20,21,22). The number of carbonyl (C=O) groups excluding carboxylic acids is 2. The number of nitrogens with one attached hydrogen (secondary N) is 2. The molecule has 0 spiro atoms. The van der Waals surface area contributed by atoms with Gasteiger partial charge in [0.25, 0.3) is 0 Å². The highest BCUT2D eigenvalue weighted by atomic mass is 16.4. The van der Waals surface area contributed by atoms with Crippen molar-refractivity contribution >= 4 is 23.7 Å². The summed E-state index contributed by atoms with van der Waals surface area (Å²) in [5.74, 6) is -2.86. The first kappa shape index (κ1) is 24.7. The molecule has 30 heavy (non-hydrogen) atoms. The number of aliphatic imine (C=N–C) groups is 1. The molecule has 0 aromatic heterocycles. The smallest absolute Gasteiger partial charge is 0.326 e. The molecule has 0 fully saturated rings. The van der Waals surface area contributed by atoms with Gasteiger partial charge in [-0.25, -0.2) is 4.79 Å². The van der Waals surface area contributed by atoms with Crippen molar-refractivity contribution in [3.63, 3.8) is 0 Å². The number of aliphatic carboxylic acids is 1. The fourth-order valence-corrected chi connectivity index (χ4v) is 2.47. The van der Waals surface area contributed by atoms with Crippen molar-refractivity contribution in [2.75, 3.05) is 13.2 Å². The summed E-state index contributed by atoms with van der Waals surface area (Å²) in [6, 6.07) is 2.31. The molecule has 1 rings (SSSR count). The number of aliphatic hydroxyl groups is 1. The van der Waals surface area contributed by atoms with Gasteiger partial charge in [0.05, 0.1) is 6.61 Å². The number of carboxylic acids is 1. The lowest BCUT2D eigenvalue weighted by Crippen LogP contribution is -2.55. The number of aromatic hydroxyl groups is 1. The average Bonchev–Trinajstić information content (AvgIpc) is 2.69. The topological polar surface area (TPSA) is 226 Å². The summed E-state index contributed by atoms with van der Waals surface area (Å²) in [7, 11) is 0. The normalized spacial score (nSPS) is 13.5. The first-order valence-corrected chi connectivity index (χ1v) is 9.17. The van der Waals surface area contributed by atoms with Gasteiger partial charge in [-0.15, -0.1) is 0 Å². The molecule has 0 heterocycles. The molecular formula is C18H28N6O6. The van der Waals surface area contributed by atoms with E-state index < -0.39 is 42.5 Å². The summed E-state index contributed by atoms with van der Waals surface area (Å²) in [5, 5.41) is 32.6. The monoisotopic (exact) mass is 424 g/mol. The molecule has 0 aliphatic carbocycles. The summed E-state index contributed by atoms with van der Waals surface area (Å²) >= 11 is 0. The maximum Gasteiger partial charge on any atom is 0.326 e. The van der Waals surface area contributed by atoms with Gasteiger partial charge < -0.3 is 43.2 Å². The summed E-state index contributed by atoms with van der Waals surface area (Å²) in [6.07, 6.45) is 0.379. The van der Waals surface area contributed by atoms with Gasteiger partial charge in [-0.2, -0.15) is 0 Å². The molecule has 3 atom stereocenters. The van der Waals surface area contributed by atoms with Crippen molar-refractivity contribution < 1.29 is 29.7 Å². The molecule has 0 bridgehead atoms. The fourth-order valence-electron chi connectivity index (χ4n) is 2.47. The highest BCUT2D eigenvalue weighted by Crippen LogP contribution is 2.12. The van der Waals surface area contributed by atoms with Gasteiger partial charge in [-0.3, -0.25) is 14.6 Å². The number of rotatable bonds is 12. The molecule has 0 aliphatic rings. The number of guanidine groups is 1. The van der Waals surface area contributed by atoms with E-state index in [2.05, 4.69) is 15.6 Å². The number of carboxylic acid groups (broad SMARTS) is 1. The maximum absolute atomic E-state index is 12.7. The Kier molecular flexibility index (Phi) is 10.1. The largest absolute Gasteiger partial charge is 0.508 e. The van der Waals surface area contributed by atoms with Crippen LogP contribution in [0.4, 0.5) is 0 Å². The SMILES string of the molecule is NC(N)=NCCCC(NC(=O)C(Cc1ccc(O)cc1)NC(=O)C(N)CO)C(=O)O. The lowest BCUT2D eigenvalue weighted by molar-refractivity contribution is -0.142. The Labute approximate surface area is 173 Å². The van der Waals surface area contributed by atoms with E-state index in [1.807, 2.05) is 0 Å². The Balaban J connectivity index is 2.89. The van der Waals surface area contributed by atoms with Crippen LogP contribution in [0, 0.1) is 0 Å². The van der Waals surface area contributed by atoms with Crippen LogP contribution < -0.4 is 27.8 Å². The van der Waals surface area contributed by atoms with Gasteiger partial charge in [0.15, 0.2) is 5.96 Å². The van der Waals surface area contributed by atoms with Crippen LogP contribution in [0.15, 0.2) is 29.3 Å². The number of phenols is 1. The highest BCUT2D eigenvalue weighted by molar-refractivity contribution is 5.92. The summed E-state index contributed by atoms with van der Waals surface area (Å²) in [4.78, 5) is 40.0. The minimum atomic E-state index is -1.25. The van der Waals surface area contributed by atoms with Crippen molar-refractivity contribution in [3.8, 4) is 5.75 Å². The van der Waals surface area contributed by atoms with Crippen LogP contribution in [0.3, 0.4) is 0 Å². The average molecular weight is 424 g/mol. The van der Waals surface area contributed by atoms with E-state index in [1.165, 1.54) is 12.1 Å². The highest BCUT2D eigenvalue weighted by Gasteiger charge is 2.28. The number of phenolic OH excluding ortho intramolecular Hbond substituents is 1. The molecule has 166 valence electrons. The summed E-state index contributed by atoms with van der Waals surface area (Å²) in [6.45, 7) is -0.428. The van der Waals surface area contributed by atoms with E-state index in [0.29, 0.717) is 12.0 Å². The third kappa shape index (κ3) is 8.75. The van der Waals surface area contributed by atoms with Gasteiger partial charge in [0.1, 0.15) is 23.9 Å². The molecule has 0 saturated heterocycles. The van der Waals surface area contributed by atoms with E-state index in [9.17, 15) is 24.6 Å². The number of hydrogen-bond donors (Lipinski definition) is 8. The van der Waals surface area contributed by atoms with Crippen molar-refractivity contribution in [2.45, 2.75) is 37.4 Å². The van der Waals surface area contributed by atoms with Crippen molar-refractivity contribution in [1.82, 2.24) is 10.6 Å². The van der Waals surface area contributed by atoms with E-state index >= 15 is 0 Å². The molecule has 11 N–H and O–H groups in total. The van der Waals surface area contributed by atoms with E-state index in [1.54, 1.807) is 12.1 Å². The molecule has 0 aliphatic heterocycles. The van der Waals surface area contributed by atoms with E-state index in [-0.39, 0.29) is 31.1 Å². The molecule has 0 saturated carbocycles. The van der Waals surface area contributed by atoms with Gasteiger partial charge in [0.2, 0.25) is 11.8 Å². The Hall–Kier alpha value is -3.38. The first-order valence-electron chi connectivity index (χ1n) is 9.17. The van der Waals surface area contributed by atoms with Crippen LogP contribution in [-0.4, -0.2) is 70.3 Å². The molecule has 12 heteroatoms. The number of hydrogen-bond acceptors (Lipinski definition) is 7. The lowest BCUT2D eigenvalue weighted by atomic mass is 10.0. The summed E-state index contributed by atoms with van der Waals surface area (Å²) < 4.78 is 0.